The highest BCUT2D eigenvalue weighted by molar-refractivity contribution is 6.07. The summed E-state index contributed by atoms with van der Waals surface area (Å²) in [5.41, 5.74) is 3.64. The zero-order valence-electron chi connectivity index (χ0n) is 17.3. The van der Waals surface area contributed by atoms with E-state index in [1.165, 1.54) is 0 Å². The molecule has 30 heavy (non-hydrogen) atoms. The lowest BCUT2D eigenvalue weighted by atomic mass is 9.73. The molecule has 3 aromatic rings. The number of rotatable bonds is 3. The van der Waals surface area contributed by atoms with E-state index in [2.05, 4.69) is 15.5 Å². The molecule has 8 nitrogen and oxygen atoms in total. The molecule has 5 rings (SSSR count). The first-order valence-corrected chi connectivity index (χ1v) is 10.1. The average molecular weight is 404 g/mol. The topological polar surface area (TPSA) is 85.0 Å². The highest BCUT2D eigenvalue weighted by Gasteiger charge is 2.59. The van der Waals surface area contributed by atoms with Gasteiger partial charge in [-0.15, -0.1) is 0 Å². The molecule has 1 saturated heterocycles. The molecule has 2 aliphatic heterocycles. The monoisotopic (exact) mass is 404 g/mol. The van der Waals surface area contributed by atoms with Crippen LogP contribution in [0.25, 0.3) is 0 Å². The smallest absolute Gasteiger partial charge is 0.244 e. The maximum Gasteiger partial charge on any atom is 0.244 e. The lowest BCUT2D eigenvalue weighted by Gasteiger charge is -2.33. The van der Waals surface area contributed by atoms with Crippen LogP contribution in [-0.2, 0) is 28.6 Å². The summed E-state index contributed by atoms with van der Waals surface area (Å²) in [7, 11) is 1.84. The molecule has 0 bridgehead atoms. The minimum absolute atomic E-state index is 0.0518. The van der Waals surface area contributed by atoms with Gasteiger partial charge in [0.2, 0.25) is 11.8 Å². The fourth-order valence-corrected chi connectivity index (χ4v) is 5.05. The van der Waals surface area contributed by atoms with Crippen LogP contribution in [-0.4, -0.2) is 42.8 Å². The Morgan fingerprint density at radius 3 is 2.80 bits per heavy atom. The van der Waals surface area contributed by atoms with Crippen LogP contribution >= 0.6 is 0 Å². The molecule has 8 heteroatoms. The minimum atomic E-state index is -0.815. The van der Waals surface area contributed by atoms with Gasteiger partial charge < -0.3 is 10.2 Å². The van der Waals surface area contributed by atoms with Crippen molar-refractivity contribution >= 4 is 17.5 Å². The Balaban J connectivity index is 1.58. The van der Waals surface area contributed by atoms with Crippen molar-refractivity contribution in [3.05, 3.63) is 65.2 Å². The van der Waals surface area contributed by atoms with E-state index in [0.29, 0.717) is 13.0 Å². The second kappa shape index (κ2) is 6.55. The van der Waals surface area contributed by atoms with Gasteiger partial charge in [-0.3, -0.25) is 19.0 Å². The summed E-state index contributed by atoms with van der Waals surface area (Å²) in [5, 5.41) is 11.8. The lowest BCUT2D eigenvalue weighted by Crippen LogP contribution is -2.43. The normalized spacial score (nSPS) is 22.6. The number of para-hydroxylation sites is 1. The number of hydrogen-bond acceptors (Lipinski definition) is 4. The number of aromatic nitrogens is 4. The second-order valence-corrected chi connectivity index (χ2v) is 8.24. The van der Waals surface area contributed by atoms with Gasteiger partial charge in [0, 0.05) is 36.7 Å². The van der Waals surface area contributed by atoms with Gasteiger partial charge >= 0.3 is 0 Å². The van der Waals surface area contributed by atoms with Crippen LogP contribution in [0.4, 0.5) is 5.69 Å². The minimum Gasteiger partial charge on any atom is -0.332 e. The van der Waals surface area contributed by atoms with Crippen LogP contribution in [0.15, 0.2) is 42.7 Å². The lowest BCUT2D eigenvalue weighted by molar-refractivity contribution is -0.134. The summed E-state index contributed by atoms with van der Waals surface area (Å²) in [5.74, 6) is -0.108. The van der Waals surface area contributed by atoms with E-state index in [-0.39, 0.29) is 18.4 Å². The third-order valence-electron chi connectivity index (χ3n) is 6.34. The predicted molar refractivity (Wildman–Crippen MR) is 111 cm³/mol. The Hall–Kier alpha value is -3.42. The third-order valence-corrected chi connectivity index (χ3v) is 6.34. The number of hydrogen-bond donors (Lipinski definition) is 1. The SMILES string of the molecule is Cc1cc(C)n(CC(=O)N2CC[C@]3(C(=O)Nc4ccccc43)[C@@H]2c2cnn(C)c2)n1. The first-order chi connectivity index (χ1) is 14.4. The van der Waals surface area contributed by atoms with Crippen molar-refractivity contribution < 1.29 is 9.59 Å². The Labute approximate surface area is 174 Å². The van der Waals surface area contributed by atoms with Crippen molar-refractivity contribution in [1.29, 1.82) is 0 Å². The van der Waals surface area contributed by atoms with Gasteiger partial charge in [-0.25, -0.2) is 0 Å². The predicted octanol–water partition coefficient (Wildman–Crippen LogP) is 2.10. The Morgan fingerprint density at radius 2 is 2.10 bits per heavy atom. The number of amides is 2. The number of benzene rings is 1. The number of nitrogens with one attached hydrogen (secondary N) is 1. The molecule has 4 heterocycles. The van der Waals surface area contributed by atoms with Crippen LogP contribution in [0, 0.1) is 13.8 Å². The number of nitrogens with zero attached hydrogens (tertiary/aromatic N) is 5. The van der Waals surface area contributed by atoms with E-state index in [1.54, 1.807) is 15.6 Å². The van der Waals surface area contributed by atoms with Crippen molar-refractivity contribution in [2.45, 2.75) is 38.3 Å². The molecule has 1 aromatic carbocycles. The summed E-state index contributed by atoms with van der Waals surface area (Å²) < 4.78 is 3.44. The number of fused-ring (bicyclic) bond motifs is 2. The second-order valence-electron chi connectivity index (χ2n) is 8.24. The van der Waals surface area contributed by atoms with E-state index in [0.717, 1.165) is 28.2 Å². The van der Waals surface area contributed by atoms with Gasteiger partial charge in [0.1, 0.15) is 12.0 Å². The number of likely N-dealkylation sites (tertiary alicyclic amines) is 1. The van der Waals surface area contributed by atoms with E-state index in [1.807, 2.05) is 62.3 Å². The van der Waals surface area contributed by atoms with Crippen LogP contribution in [0.1, 0.15) is 35.0 Å². The molecule has 2 atom stereocenters. The molecule has 1 fully saturated rings. The quantitative estimate of drug-likeness (QED) is 0.725. The van der Waals surface area contributed by atoms with E-state index in [4.69, 9.17) is 0 Å². The van der Waals surface area contributed by atoms with Crippen LogP contribution < -0.4 is 5.32 Å². The molecule has 154 valence electrons. The molecule has 0 saturated carbocycles. The van der Waals surface area contributed by atoms with E-state index < -0.39 is 11.5 Å². The molecule has 0 radical (unpaired) electrons. The number of aryl methyl sites for hydroxylation is 3. The summed E-state index contributed by atoms with van der Waals surface area (Å²) in [4.78, 5) is 28.6. The molecule has 1 N–H and O–H groups in total. The molecule has 2 aliphatic rings. The standard InChI is InChI=1S/C22H24N6O2/c1-14-10-15(2)28(25-14)13-19(29)27-9-8-22(20(27)16-11-23-26(3)12-16)17-6-4-5-7-18(17)24-21(22)30/h4-7,10-12,20H,8-9,13H2,1-3H3,(H,24,30)/t20-,22+/m0/s1. The number of anilines is 1. The Morgan fingerprint density at radius 1 is 1.30 bits per heavy atom. The van der Waals surface area contributed by atoms with Crippen molar-refractivity contribution in [3.8, 4) is 0 Å². The summed E-state index contributed by atoms with van der Waals surface area (Å²) >= 11 is 0. The van der Waals surface area contributed by atoms with Crippen molar-refractivity contribution in [2.75, 3.05) is 11.9 Å². The van der Waals surface area contributed by atoms with Gasteiger partial charge in [-0.05, 0) is 38.0 Å². The molecular formula is C22H24N6O2. The molecule has 1 spiro atoms. The average Bonchev–Trinajstić information content (AvgIpc) is 3.44. The highest BCUT2D eigenvalue weighted by Crippen LogP contribution is 2.54. The van der Waals surface area contributed by atoms with Gasteiger partial charge in [0.05, 0.1) is 17.9 Å². The van der Waals surface area contributed by atoms with Crippen LogP contribution in [0.2, 0.25) is 0 Å². The molecular weight excluding hydrogens is 380 g/mol. The van der Waals surface area contributed by atoms with Gasteiger partial charge in [-0.2, -0.15) is 10.2 Å². The molecule has 0 aliphatic carbocycles. The van der Waals surface area contributed by atoms with Crippen LogP contribution in [0.3, 0.4) is 0 Å². The number of carbonyl (C=O) groups is 2. The van der Waals surface area contributed by atoms with E-state index in [9.17, 15) is 9.59 Å². The third kappa shape index (κ3) is 2.59. The molecule has 0 unspecified atom stereocenters. The summed E-state index contributed by atoms with van der Waals surface area (Å²) in [6.45, 7) is 4.50. The van der Waals surface area contributed by atoms with Crippen molar-refractivity contribution in [3.63, 3.8) is 0 Å². The Bertz CT molecular complexity index is 1160. The molecule has 2 amide bonds. The van der Waals surface area contributed by atoms with Crippen LogP contribution in [0.5, 0.6) is 0 Å². The van der Waals surface area contributed by atoms with Gasteiger partial charge in [0.25, 0.3) is 0 Å². The van der Waals surface area contributed by atoms with Crippen molar-refractivity contribution in [2.24, 2.45) is 7.05 Å². The maximum absolute atomic E-state index is 13.4. The van der Waals surface area contributed by atoms with Gasteiger partial charge in [-0.1, -0.05) is 18.2 Å². The van der Waals surface area contributed by atoms with Crippen molar-refractivity contribution in [1.82, 2.24) is 24.5 Å². The first-order valence-electron chi connectivity index (χ1n) is 10.1. The summed E-state index contributed by atoms with van der Waals surface area (Å²) in [6.07, 6.45) is 4.23. The number of carbonyl (C=O) groups excluding carboxylic acids is 2. The zero-order valence-corrected chi connectivity index (χ0v) is 17.3. The maximum atomic E-state index is 13.4. The highest BCUT2D eigenvalue weighted by atomic mass is 16.2. The first kappa shape index (κ1) is 18.6. The summed E-state index contributed by atoms with van der Waals surface area (Å²) in [6, 6.07) is 9.31. The molecule has 2 aromatic heterocycles. The largest absolute Gasteiger partial charge is 0.332 e. The Kier molecular flexibility index (Phi) is 4.06. The fourth-order valence-electron chi connectivity index (χ4n) is 5.05. The zero-order chi connectivity index (χ0) is 21.0. The van der Waals surface area contributed by atoms with E-state index >= 15 is 0 Å². The fraction of sp³-hybridized carbons (Fsp3) is 0.364. The van der Waals surface area contributed by atoms with Gasteiger partial charge in [0.15, 0.2) is 0 Å².